The van der Waals surface area contributed by atoms with Crippen molar-refractivity contribution >= 4 is 35.0 Å². The van der Waals surface area contributed by atoms with E-state index < -0.39 is 71.9 Å². The first-order chi connectivity index (χ1) is 37.5. The van der Waals surface area contributed by atoms with Crippen molar-refractivity contribution in [2.45, 2.75) is 89.5 Å². The van der Waals surface area contributed by atoms with Crippen molar-refractivity contribution in [2.24, 2.45) is 11.8 Å². The number of alkyl halides is 12. The van der Waals surface area contributed by atoms with Gasteiger partial charge in [0.2, 0.25) is 23.6 Å². The van der Waals surface area contributed by atoms with Crippen molar-refractivity contribution in [1.29, 1.82) is 0 Å². The van der Waals surface area contributed by atoms with Gasteiger partial charge < -0.3 is 50.0 Å². The van der Waals surface area contributed by atoms with Gasteiger partial charge in [-0.15, -0.1) is 26.3 Å². The molecule has 0 saturated carbocycles. The van der Waals surface area contributed by atoms with Crippen LogP contribution in [0.2, 0.25) is 0 Å². The summed E-state index contributed by atoms with van der Waals surface area (Å²) in [5.41, 5.74) is -0.241. The highest BCUT2D eigenvalue weighted by molar-refractivity contribution is 5.91. The van der Waals surface area contributed by atoms with Gasteiger partial charge in [-0.05, 0) is 95.8 Å². The molecule has 2 heterocycles. The van der Waals surface area contributed by atoms with Gasteiger partial charge in [0.25, 0.3) is 0 Å². The number of nitrogens with zero attached hydrogens (tertiary/aromatic N) is 2. The third kappa shape index (κ3) is 20.9. The Morgan fingerprint density at radius 2 is 0.775 bits per heavy atom. The second-order valence-corrected chi connectivity index (χ2v) is 19.4. The Morgan fingerprint density at radius 3 is 1.04 bits per heavy atom. The predicted molar refractivity (Wildman–Crippen MR) is 269 cm³/mol. The molecule has 26 heteroatoms. The van der Waals surface area contributed by atoms with E-state index in [1.807, 2.05) is 27.7 Å². The summed E-state index contributed by atoms with van der Waals surface area (Å²) < 4.78 is 171. The summed E-state index contributed by atoms with van der Waals surface area (Å²) in [7, 11) is 0. The summed E-state index contributed by atoms with van der Waals surface area (Å²) in [6.07, 6.45) is -19.2. The number of halogens is 12. The molecule has 0 spiro atoms. The highest BCUT2D eigenvalue weighted by atomic mass is 19.4. The lowest BCUT2D eigenvalue weighted by molar-refractivity contribution is -0.275. The highest BCUT2D eigenvalue weighted by Gasteiger charge is 2.36. The fourth-order valence-electron chi connectivity index (χ4n) is 8.24. The van der Waals surface area contributed by atoms with Gasteiger partial charge in [0.1, 0.15) is 11.5 Å². The van der Waals surface area contributed by atoms with E-state index in [2.05, 4.69) is 30.7 Å². The van der Waals surface area contributed by atoms with E-state index >= 15 is 0 Å². The molecule has 0 radical (unpaired) electrons. The molecular formula is C54H62F12N6O8. The molecule has 4 N–H and O–H groups in total. The van der Waals surface area contributed by atoms with Gasteiger partial charge in [-0.2, -0.15) is 26.3 Å². The normalized spacial score (nSPS) is 15.9. The van der Waals surface area contributed by atoms with E-state index in [9.17, 15) is 71.9 Å². The van der Waals surface area contributed by atoms with Gasteiger partial charge in [0, 0.05) is 75.6 Å². The highest BCUT2D eigenvalue weighted by Crippen LogP contribution is 2.34. The third-order valence-corrected chi connectivity index (χ3v) is 12.9. The SMILES string of the molecule is CC(C)[C@@H](CNc1ccc(OC(F)(F)F)cc1)NC(=O)C(CC(=O)N1CCOCC1)c1ccc(C(F)(F)F)cc1.CC(C)[C@@H](CNc1ccc(OC(F)(F)F)cc1)NC(=O)[C@H](CC(=O)N1CCOCC1)c1ccc(C(F)(F)F)cc1. The molecule has 2 fully saturated rings. The first-order valence-corrected chi connectivity index (χ1v) is 25.3. The van der Waals surface area contributed by atoms with E-state index in [1.165, 1.54) is 48.5 Å². The van der Waals surface area contributed by atoms with Crippen LogP contribution in [-0.2, 0) is 41.0 Å². The number of hydrogen-bond acceptors (Lipinski definition) is 10. The van der Waals surface area contributed by atoms with E-state index in [1.54, 1.807) is 9.80 Å². The van der Waals surface area contributed by atoms with Gasteiger partial charge in [-0.25, -0.2) is 0 Å². The number of nitrogens with one attached hydrogen (secondary N) is 4. The second kappa shape index (κ2) is 28.5. The van der Waals surface area contributed by atoms with Crippen LogP contribution in [0.3, 0.4) is 0 Å². The minimum atomic E-state index is -4.81. The lowest BCUT2D eigenvalue weighted by Gasteiger charge is -2.30. The summed E-state index contributed by atoms with van der Waals surface area (Å²) in [5.74, 6) is -4.75. The molecule has 0 aliphatic carbocycles. The Labute approximate surface area is 453 Å². The van der Waals surface area contributed by atoms with Crippen molar-refractivity contribution in [3.8, 4) is 11.5 Å². The van der Waals surface area contributed by atoms with Crippen LogP contribution < -0.4 is 30.7 Å². The molecule has 4 aromatic carbocycles. The maximum atomic E-state index is 13.5. The first kappa shape index (κ1) is 63.9. The number of ether oxygens (including phenoxy) is 4. The topological polar surface area (TPSA) is 160 Å². The van der Waals surface area contributed by atoms with Crippen LogP contribution in [0.15, 0.2) is 97.1 Å². The number of morpholine rings is 2. The molecule has 6 rings (SSSR count). The molecule has 2 aliphatic heterocycles. The number of amides is 4. The van der Waals surface area contributed by atoms with Crippen molar-refractivity contribution in [3.05, 3.63) is 119 Å². The predicted octanol–water partition coefficient (Wildman–Crippen LogP) is 10.4. The molecule has 440 valence electrons. The number of hydrogen-bond donors (Lipinski definition) is 4. The zero-order valence-electron chi connectivity index (χ0n) is 43.9. The average molecular weight is 1150 g/mol. The van der Waals surface area contributed by atoms with Crippen LogP contribution in [0.1, 0.15) is 74.6 Å². The molecule has 4 amide bonds. The molecular weight excluding hydrogens is 1090 g/mol. The quantitative estimate of drug-likeness (QED) is 0.0628. The molecule has 2 aliphatic rings. The zero-order valence-corrected chi connectivity index (χ0v) is 43.9. The molecule has 4 aromatic rings. The zero-order chi connectivity index (χ0) is 59.0. The summed E-state index contributed by atoms with van der Waals surface area (Å²) >= 11 is 0. The van der Waals surface area contributed by atoms with E-state index in [0.717, 1.165) is 48.5 Å². The Balaban J connectivity index is 0.000000294. The van der Waals surface area contributed by atoms with Crippen molar-refractivity contribution in [2.75, 3.05) is 76.3 Å². The average Bonchev–Trinajstić information content (AvgIpc) is 3.39. The summed E-state index contributed by atoms with van der Waals surface area (Å²) in [5, 5.41) is 11.9. The largest absolute Gasteiger partial charge is 0.573 e. The molecule has 0 aromatic heterocycles. The van der Waals surface area contributed by atoms with Crippen LogP contribution >= 0.6 is 0 Å². The summed E-state index contributed by atoms with van der Waals surface area (Å²) in [6.45, 7) is 10.6. The van der Waals surface area contributed by atoms with Gasteiger partial charge >= 0.3 is 25.1 Å². The van der Waals surface area contributed by atoms with Crippen molar-refractivity contribution < 1.29 is 90.8 Å². The Kier molecular flexibility index (Phi) is 22.7. The molecule has 4 atom stereocenters. The lowest BCUT2D eigenvalue weighted by atomic mass is 9.92. The van der Waals surface area contributed by atoms with Crippen LogP contribution in [0.5, 0.6) is 11.5 Å². The molecule has 0 bridgehead atoms. The Morgan fingerprint density at radius 1 is 0.475 bits per heavy atom. The standard InChI is InChI=1S/2C27H31F6N3O4/c2*1-17(2)23(16-34-20-7-9-21(10-8-20)40-27(31,32)33)35-25(38)22(15-24(37)36-11-13-39-14-12-36)18-3-5-19(6-4-18)26(28,29)30/h2*3-10,17,22-23,34H,11-16H2,1-2H3,(H,35,38)/t22?,23-;22-,23-/m11/s1. The van der Waals surface area contributed by atoms with E-state index in [-0.39, 0.29) is 72.2 Å². The Bertz CT molecular complexity index is 2410. The number of anilines is 2. The number of rotatable bonds is 20. The van der Waals surface area contributed by atoms with Crippen LogP contribution in [0.4, 0.5) is 64.1 Å². The maximum Gasteiger partial charge on any atom is 0.573 e. The van der Waals surface area contributed by atoms with Gasteiger partial charge in [0.15, 0.2) is 0 Å². The van der Waals surface area contributed by atoms with Crippen LogP contribution in [0.25, 0.3) is 0 Å². The molecule has 2 saturated heterocycles. The number of carbonyl (C=O) groups is 4. The second-order valence-electron chi connectivity index (χ2n) is 19.4. The summed E-state index contributed by atoms with van der Waals surface area (Å²) in [6, 6.07) is 17.5. The fraction of sp³-hybridized carbons (Fsp3) is 0.481. The van der Waals surface area contributed by atoms with Crippen LogP contribution in [-0.4, -0.2) is 124 Å². The first-order valence-electron chi connectivity index (χ1n) is 25.3. The molecule has 80 heavy (non-hydrogen) atoms. The summed E-state index contributed by atoms with van der Waals surface area (Å²) in [4.78, 5) is 56.0. The third-order valence-electron chi connectivity index (χ3n) is 12.9. The lowest BCUT2D eigenvalue weighted by Crippen LogP contribution is -2.47. The minimum absolute atomic E-state index is 0.104. The fourth-order valence-corrected chi connectivity index (χ4v) is 8.24. The van der Waals surface area contributed by atoms with Gasteiger partial charge in [-0.1, -0.05) is 52.0 Å². The number of carbonyl (C=O) groups excluding carboxylic acids is 4. The van der Waals surface area contributed by atoms with Gasteiger partial charge in [0.05, 0.1) is 49.4 Å². The van der Waals surface area contributed by atoms with Crippen molar-refractivity contribution in [3.63, 3.8) is 0 Å². The van der Waals surface area contributed by atoms with E-state index in [0.29, 0.717) is 64.0 Å². The Hall–Kier alpha value is -6.96. The van der Waals surface area contributed by atoms with Crippen LogP contribution in [0, 0.1) is 11.8 Å². The van der Waals surface area contributed by atoms with Crippen molar-refractivity contribution in [1.82, 2.24) is 20.4 Å². The molecule has 1 unspecified atom stereocenters. The maximum absolute atomic E-state index is 13.5. The minimum Gasteiger partial charge on any atom is -0.406 e. The smallest absolute Gasteiger partial charge is 0.406 e. The monoisotopic (exact) mass is 1150 g/mol. The molecule has 14 nitrogen and oxygen atoms in total. The van der Waals surface area contributed by atoms with Gasteiger partial charge in [-0.3, -0.25) is 19.2 Å². The van der Waals surface area contributed by atoms with E-state index in [4.69, 9.17) is 9.47 Å². The number of benzene rings is 4.